The highest BCUT2D eigenvalue weighted by Gasteiger charge is 2.17. The van der Waals surface area contributed by atoms with Gasteiger partial charge in [0, 0.05) is 19.1 Å². The van der Waals surface area contributed by atoms with Crippen LogP contribution >= 0.6 is 0 Å². The van der Waals surface area contributed by atoms with Crippen molar-refractivity contribution < 1.29 is 9.13 Å². The van der Waals surface area contributed by atoms with Gasteiger partial charge in [0.25, 0.3) is 0 Å². The molecule has 0 aliphatic carbocycles. The molecule has 1 rings (SSSR count). The van der Waals surface area contributed by atoms with Gasteiger partial charge in [0.1, 0.15) is 0 Å². The number of halogens is 1. The lowest BCUT2D eigenvalue weighted by molar-refractivity contribution is 0.189. The first-order chi connectivity index (χ1) is 8.99. The Morgan fingerprint density at radius 3 is 2.53 bits per heavy atom. The number of nitrogens with zero attached hydrogens (tertiary/aromatic N) is 1. The molecule has 0 heterocycles. The summed E-state index contributed by atoms with van der Waals surface area (Å²) in [7, 11) is 2.02. The van der Waals surface area contributed by atoms with Gasteiger partial charge in [0.15, 0.2) is 11.6 Å². The van der Waals surface area contributed by atoms with Crippen molar-refractivity contribution in [2.45, 2.75) is 33.4 Å². The maximum atomic E-state index is 13.8. The van der Waals surface area contributed by atoms with Gasteiger partial charge < -0.3 is 10.5 Å². The fourth-order valence-electron chi connectivity index (χ4n) is 2.28. The second-order valence-electron chi connectivity index (χ2n) is 5.16. The summed E-state index contributed by atoms with van der Waals surface area (Å²) >= 11 is 0. The second kappa shape index (κ2) is 7.46. The summed E-state index contributed by atoms with van der Waals surface area (Å²) in [5, 5.41) is 0. The summed E-state index contributed by atoms with van der Waals surface area (Å²) in [4.78, 5) is 2.17. The number of rotatable bonds is 7. The van der Waals surface area contributed by atoms with E-state index in [1.165, 1.54) is 6.07 Å². The number of hydrogen-bond acceptors (Lipinski definition) is 3. The predicted octanol–water partition coefficient (Wildman–Crippen LogP) is 2.64. The highest BCUT2D eigenvalue weighted by atomic mass is 19.1. The van der Waals surface area contributed by atoms with Crippen LogP contribution in [0.25, 0.3) is 0 Å². The van der Waals surface area contributed by atoms with E-state index in [9.17, 15) is 4.39 Å². The summed E-state index contributed by atoms with van der Waals surface area (Å²) in [6, 6.07) is 5.43. The largest absolute Gasteiger partial charge is 0.491 e. The Kier molecular flexibility index (Phi) is 6.25. The van der Waals surface area contributed by atoms with Crippen LogP contribution in [0.3, 0.4) is 0 Å². The average Bonchev–Trinajstić information content (AvgIpc) is 2.33. The monoisotopic (exact) mass is 268 g/mol. The van der Waals surface area contributed by atoms with Crippen molar-refractivity contribution in [1.82, 2.24) is 4.90 Å². The molecule has 0 bridgehead atoms. The standard InChI is InChI=1S/C15H25FN2O/c1-5-19-15-7-6-12(8-13(15)16)10-18(4)14(9-17)11(2)3/h6-8,11,14H,5,9-10,17H2,1-4H3. The van der Waals surface area contributed by atoms with Crippen LogP contribution in [0.5, 0.6) is 5.75 Å². The van der Waals surface area contributed by atoms with E-state index in [1.807, 2.05) is 20.0 Å². The lowest BCUT2D eigenvalue weighted by atomic mass is 10.0. The molecule has 0 saturated carbocycles. The predicted molar refractivity (Wildman–Crippen MR) is 76.7 cm³/mol. The molecule has 1 unspecified atom stereocenters. The molecular weight excluding hydrogens is 243 g/mol. The number of nitrogens with two attached hydrogens (primary N) is 1. The van der Waals surface area contributed by atoms with Crippen LogP contribution in [0.1, 0.15) is 26.3 Å². The topological polar surface area (TPSA) is 38.5 Å². The zero-order valence-electron chi connectivity index (χ0n) is 12.3. The Hall–Kier alpha value is -1.13. The molecule has 19 heavy (non-hydrogen) atoms. The maximum Gasteiger partial charge on any atom is 0.165 e. The van der Waals surface area contributed by atoms with Crippen LogP contribution in [-0.2, 0) is 6.54 Å². The first kappa shape index (κ1) is 15.9. The first-order valence-corrected chi connectivity index (χ1v) is 6.81. The molecule has 1 atom stereocenters. The van der Waals surface area contributed by atoms with E-state index in [0.717, 1.165) is 5.56 Å². The van der Waals surface area contributed by atoms with Crippen LogP contribution in [0.2, 0.25) is 0 Å². The van der Waals surface area contributed by atoms with Crippen LogP contribution in [0.4, 0.5) is 4.39 Å². The van der Waals surface area contributed by atoms with Gasteiger partial charge in [-0.15, -0.1) is 0 Å². The van der Waals surface area contributed by atoms with Gasteiger partial charge in [0.05, 0.1) is 6.61 Å². The van der Waals surface area contributed by atoms with Gasteiger partial charge >= 0.3 is 0 Å². The van der Waals surface area contributed by atoms with Crippen molar-refractivity contribution in [3.8, 4) is 5.75 Å². The van der Waals surface area contributed by atoms with Crippen molar-refractivity contribution in [1.29, 1.82) is 0 Å². The fourth-order valence-corrected chi connectivity index (χ4v) is 2.28. The third-order valence-electron chi connectivity index (χ3n) is 3.31. The number of likely N-dealkylation sites (N-methyl/N-ethyl adjacent to an activating group) is 1. The minimum atomic E-state index is -0.304. The molecule has 4 heteroatoms. The van der Waals surface area contributed by atoms with Crippen molar-refractivity contribution >= 4 is 0 Å². The minimum absolute atomic E-state index is 0.301. The highest BCUT2D eigenvalue weighted by molar-refractivity contribution is 5.29. The zero-order valence-corrected chi connectivity index (χ0v) is 12.3. The van der Waals surface area contributed by atoms with E-state index in [2.05, 4.69) is 18.7 Å². The Bertz CT molecular complexity index is 396. The average molecular weight is 268 g/mol. The highest BCUT2D eigenvalue weighted by Crippen LogP contribution is 2.20. The van der Waals surface area contributed by atoms with Gasteiger partial charge in [-0.25, -0.2) is 4.39 Å². The third kappa shape index (κ3) is 4.48. The summed E-state index contributed by atoms with van der Waals surface area (Å²) in [6.07, 6.45) is 0. The summed E-state index contributed by atoms with van der Waals surface area (Å²) < 4.78 is 19.0. The third-order valence-corrected chi connectivity index (χ3v) is 3.31. The Morgan fingerprint density at radius 2 is 2.05 bits per heavy atom. The Labute approximate surface area is 115 Å². The molecule has 3 nitrogen and oxygen atoms in total. The van der Waals surface area contributed by atoms with Gasteiger partial charge in [0.2, 0.25) is 0 Å². The van der Waals surface area contributed by atoms with E-state index < -0.39 is 0 Å². The summed E-state index contributed by atoms with van der Waals surface area (Å²) in [5.41, 5.74) is 6.72. The number of ether oxygens (including phenoxy) is 1. The van der Waals surface area contributed by atoms with Gasteiger partial charge in [-0.3, -0.25) is 4.90 Å². The van der Waals surface area contributed by atoms with E-state index in [0.29, 0.717) is 37.4 Å². The first-order valence-electron chi connectivity index (χ1n) is 6.81. The van der Waals surface area contributed by atoms with Crippen molar-refractivity contribution in [3.05, 3.63) is 29.6 Å². The Balaban J connectivity index is 2.74. The molecule has 1 aromatic carbocycles. The van der Waals surface area contributed by atoms with E-state index in [1.54, 1.807) is 6.07 Å². The molecule has 0 saturated heterocycles. The number of hydrogen-bond donors (Lipinski definition) is 1. The zero-order chi connectivity index (χ0) is 14.4. The van der Waals surface area contributed by atoms with Crippen LogP contribution in [-0.4, -0.2) is 31.1 Å². The maximum absolute atomic E-state index is 13.8. The van der Waals surface area contributed by atoms with Crippen molar-refractivity contribution in [2.24, 2.45) is 11.7 Å². The molecule has 2 N–H and O–H groups in total. The minimum Gasteiger partial charge on any atom is -0.491 e. The quantitative estimate of drug-likeness (QED) is 0.826. The van der Waals surface area contributed by atoms with Crippen LogP contribution in [0, 0.1) is 11.7 Å². The lowest BCUT2D eigenvalue weighted by Gasteiger charge is -2.30. The summed E-state index contributed by atoms with van der Waals surface area (Å²) in [5.74, 6) is 0.484. The Morgan fingerprint density at radius 1 is 1.37 bits per heavy atom. The van der Waals surface area contributed by atoms with Gasteiger partial charge in [-0.1, -0.05) is 19.9 Å². The molecule has 0 aliphatic heterocycles. The molecule has 0 spiro atoms. The van der Waals surface area contributed by atoms with E-state index in [4.69, 9.17) is 10.5 Å². The molecule has 0 radical (unpaired) electrons. The SMILES string of the molecule is CCOc1ccc(CN(C)C(CN)C(C)C)cc1F. The van der Waals surface area contributed by atoms with Crippen LogP contribution in [0.15, 0.2) is 18.2 Å². The molecular formula is C15H25FN2O. The summed E-state index contributed by atoms with van der Waals surface area (Å²) in [6.45, 7) is 7.89. The molecule has 1 aromatic rings. The number of benzene rings is 1. The van der Waals surface area contributed by atoms with Crippen molar-refractivity contribution in [3.63, 3.8) is 0 Å². The van der Waals surface area contributed by atoms with Gasteiger partial charge in [-0.2, -0.15) is 0 Å². The normalized spacial score (nSPS) is 13.1. The van der Waals surface area contributed by atoms with Crippen LogP contribution < -0.4 is 10.5 Å². The molecule has 0 aliphatic rings. The molecule has 0 fully saturated rings. The second-order valence-corrected chi connectivity index (χ2v) is 5.16. The molecule has 108 valence electrons. The van der Waals surface area contributed by atoms with E-state index >= 15 is 0 Å². The van der Waals surface area contributed by atoms with Gasteiger partial charge in [-0.05, 0) is 37.6 Å². The smallest absolute Gasteiger partial charge is 0.165 e. The van der Waals surface area contributed by atoms with Crippen molar-refractivity contribution in [2.75, 3.05) is 20.2 Å². The fraction of sp³-hybridized carbons (Fsp3) is 0.600. The molecule has 0 amide bonds. The van der Waals surface area contributed by atoms with E-state index in [-0.39, 0.29) is 5.82 Å². The molecule has 0 aromatic heterocycles. The lowest BCUT2D eigenvalue weighted by Crippen LogP contribution is -2.41.